The van der Waals surface area contributed by atoms with Crippen molar-refractivity contribution in [3.8, 4) is 34.0 Å². The second-order valence-electron chi connectivity index (χ2n) is 7.42. The summed E-state index contributed by atoms with van der Waals surface area (Å²) in [5.41, 5.74) is 11.7. The zero-order chi connectivity index (χ0) is 26.0. The third-order valence-corrected chi connectivity index (χ3v) is 4.98. The first kappa shape index (κ1) is 23.6. The quantitative estimate of drug-likeness (QED) is 0.291. The Morgan fingerprint density at radius 3 is 1.44 bits per heavy atom. The zero-order valence-electron chi connectivity index (χ0n) is 18.1. The number of aromatic carboxylic acids is 2. The fraction of sp³-hybridized carbons (Fsp3) is 0. The molecule has 0 spiro atoms. The predicted molar refractivity (Wildman–Crippen MR) is 123 cm³/mol. The summed E-state index contributed by atoms with van der Waals surface area (Å²) in [5, 5.41) is 34.3. The van der Waals surface area contributed by atoms with E-state index < -0.39 is 23.8 Å². The van der Waals surface area contributed by atoms with Crippen molar-refractivity contribution >= 4 is 23.8 Å². The summed E-state index contributed by atoms with van der Waals surface area (Å²) >= 11 is 0. The molecule has 0 unspecified atom stereocenters. The molecule has 6 N–H and O–H groups in total. The van der Waals surface area contributed by atoms with Gasteiger partial charge in [0, 0.05) is 34.0 Å². The maximum Gasteiger partial charge on any atom is 0.335 e. The van der Waals surface area contributed by atoms with Crippen LogP contribution in [0.3, 0.4) is 0 Å². The normalized spacial score (nSPS) is 10.6. The molecule has 4 rings (SSSR count). The van der Waals surface area contributed by atoms with Crippen LogP contribution in [0, 0.1) is 0 Å². The first-order valence-corrected chi connectivity index (χ1v) is 10.0. The number of carbonyl (C=O) groups is 4. The molecule has 2 heterocycles. The van der Waals surface area contributed by atoms with Gasteiger partial charge in [0.1, 0.15) is 0 Å². The molecule has 13 heteroatoms. The van der Waals surface area contributed by atoms with Crippen LogP contribution in [0.5, 0.6) is 0 Å². The average Bonchev–Trinajstić information content (AvgIpc) is 2.88. The Bertz CT molecular complexity index is 1350. The number of carbonyl (C=O) groups excluding carboxylic acids is 2. The van der Waals surface area contributed by atoms with E-state index in [0.29, 0.717) is 16.8 Å². The maximum atomic E-state index is 11.6. The van der Waals surface area contributed by atoms with Crippen molar-refractivity contribution in [1.29, 1.82) is 0 Å². The number of benzene rings is 2. The van der Waals surface area contributed by atoms with Crippen molar-refractivity contribution in [2.45, 2.75) is 0 Å². The highest BCUT2D eigenvalue weighted by molar-refractivity contribution is 6.00. The Balaban J connectivity index is 1.64. The summed E-state index contributed by atoms with van der Waals surface area (Å²) < 4.78 is 0. The average molecular weight is 485 g/mol. The number of amides is 2. The molecule has 2 aromatic carbocycles. The molecule has 13 nitrogen and oxygen atoms in total. The lowest BCUT2D eigenvalue weighted by atomic mass is 10.0. The van der Waals surface area contributed by atoms with E-state index in [2.05, 4.69) is 25.4 Å². The Morgan fingerprint density at radius 1 is 0.583 bits per heavy atom. The largest absolute Gasteiger partial charge is 0.478 e. The Hall–Kier alpha value is -5.59. The first-order chi connectivity index (χ1) is 17.1. The second kappa shape index (κ2) is 9.34. The minimum atomic E-state index is -1.31. The third-order valence-electron chi connectivity index (χ3n) is 4.98. The molecule has 2 aromatic heterocycles. The number of primary amides is 2. The monoisotopic (exact) mass is 485 g/mol. The van der Waals surface area contributed by atoms with Gasteiger partial charge in [-0.15, -0.1) is 20.4 Å². The van der Waals surface area contributed by atoms with E-state index in [1.165, 1.54) is 36.5 Å². The smallest absolute Gasteiger partial charge is 0.335 e. The van der Waals surface area contributed by atoms with Gasteiger partial charge in [0.15, 0.2) is 0 Å². The molecular formula is C23H15N7O6. The molecule has 2 amide bonds. The van der Waals surface area contributed by atoms with E-state index in [1.807, 2.05) is 0 Å². The van der Waals surface area contributed by atoms with Gasteiger partial charge in [0.05, 0.1) is 16.8 Å². The highest BCUT2D eigenvalue weighted by Gasteiger charge is 2.16. The van der Waals surface area contributed by atoms with Crippen LogP contribution in [0.4, 0.5) is 0 Å². The number of rotatable bonds is 7. The van der Waals surface area contributed by atoms with Crippen molar-refractivity contribution in [1.82, 2.24) is 25.4 Å². The standard InChI is InChI=1S/C23H15N7O6/c24-18(31)12-3-11(4-13(5-12)19(25)32)17-2-1-10(9-26-17)20-27-29-21(30-28-20)14-6-15(22(33)34)8-16(7-14)23(35)36/h1-9H,(H2,24,31)(H2,25,32)(H,33,34)(H,35,36). The molecule has 36 heavy (non-hydrogen) atoms. The number of nitrogens with two attached hydrogens (primary N) is 2. The summed E-state index contributed by atoms with van der Waals surface area (Å²) in [7, 11) is 0. The van der Waals surface area contributed by atoms with Crippen LogP contribution < -0.4 is 11.5 Å². The Morgan fingerprint density at radius 2 is 1.03 bits per heavy atom. The van der Waals surface area contributed by atoms with Crippen LogP contribution in [-0.2, 0) is 0 Å². The van der Waals surface area contributed by atoms with Crippen molar-refractivity contribution in [3.63, 3.8) is 0 Å². The highest BCUT2D eigenvalue weighted by Crippen LogP contribution is 2.24. The lowest BCUT2D eigenvalue weighted by Gasteiger charge is -2.07. The first-order valence-electron chi connectivity index (χ1n) is 10.0. The van der Waals surface area contributed by atoms with Gasteiger partial charge in [-0.1, -0.05) is 0 Å². The summed E-state index contributed by atoms with van der Waals surface area (Å²) in [5.74, 6) is -4.07. The fourth-order valence-corrected chi connectivity index (χ4v) is 3.22. The van der Waals surface area contributed by atoms with E-state index >= 15 is 0 Å². The molecule has 178 valence electrons. The SMILES string of the molecule is NC(=O)c1cc(C(N)=O)cc(-c2ccc(-c3nnc(-c4cc(C(=O)O)cc(C(=O)O)c4)nn3)cn2)c1. The maximum absolute atomic E-state index is 11.6. The van der Waals surface area contributed by atoms with Gasteiger partial charge in [-0.3, -0.25) is 14.6 Å². The minimum absolute atomic E-state index is 0.0730. The zero-order valence-corrected chi connectivity index (χ0v) is 18.1. The molecule has 0 radical (unpaired) electrons. The van der Waals surface area contributed by atoms with E-state index in [0.717, 1.165) is 6.07 Å². The van der Waals surface area contributed by atoms with E-state index in [-0.39, 0.29) is 39.5 Å². The van der Waals surface area contributed by atoms with Crippen LogP contribution in [0.1, 0.15) is 41.4 Å². The molecule has 0 saturated carbocycles. The molecular weight excluding hydrogens is 470 g/mol. The van der Waals surface area contributed by atoms with Crippen molar-refractivity contribution in [2.75, 3.05) is 0 Å². The fourth-order valence-electron chi connectivity index (χ4n) is 3.22. The molecule has 0 aliphatic rings. The number of carboxylic acids is 2. The van der Waals surface area contributed by atoms with E-state index in [9.17, 15) is 29.4 Å². The van der Waals surface area contributed by atoms with Crippen molar-refractivity contribution < 1.29 is 29.4 Å². The lowest BCUT2D eigenvalue weighted by molar-refractivity contribution is 0.0696. The van der Waals surface area contributed by atoms with Gasteiger partial charge in [0.25, 0.3) is 0 Å². The van der Waals surface area contributed by atoms with Crippen LogP contribution in [0.2, 0.25) is 0 Å². The van der Waals surface area contributed by atoms with Gasteiger partial charge >= 0.3 is 11.9 Å². The van der Waals surface area contributed by atoms with Crippen molar-refractivity contribution in [3.05, 3.63) is 77.0 Å². The summed E-state index contributed by atoms with van der Waals surface area (Å²) in [6, 6.07) is 10.9. The van der Waals surface area contributed by atoms with Crippen molar-refractivity contribution in [2.24, 2.45) is 11.5 Å². The van der Waals surface area contributed by atoms with Crippen LogP contribution in [0.15, 0.2) is 54.7 Å². The summed E-state index contributed by atoms with van der Waals surface area (Å²) in [4.78, 5) is 50.1. The molecule has 0 aliphatic heterocycles. The highest BCUT2D eigenvalue weighted by atomic mass is 16.4. The van der Waals surface area contributed by atoms with Gasteiger partial charge in [-0.2, -0.15) is 0 Å². The molecule has 0 saturated heterocycles. The Kier molecular flexibility index (Phi) is 6.11. The van der Waals surface area contributed by atoms with Gasteiger partial charge in [-0.05, 0) is 48.5 Å². The topological polar surface area (TPSA) is 225 Å². The molecule has 0 aliphatic carbocycles. The van der Waals surface area contributed by atoms with Gasteiger partial charge in [0.2, 0.25) is 23.5 Å². The number of hydrogen-bond acceptors (Lipinski definition) is 9. The van der Waals surface area contributed by atoms with E-state index in [1.54, 1.807) is 12.1 Å². The number of hydrogen-bond donors (Lipinski definition) is 4. The minimum Gasteiger partial charge on any atom is -0.478 e. The lowest BCUT2D eigenvalue weighted by Crippen LogP contribution is -2.15. The number of carboxylic acid groups (broad SMARTS) is 2. The van der Waals surface area contributed by atoms with Crippen LogP contribution in [-0.4, -0.2) is 59.3 Å². The summed E-state index contributed by atoms with van der Waals surface area (Å²) in [6.45, 7) is 0. The number of nitrogens with zero attached hydrogens (tertiary/aromatic N) is 5. The number of aromatic nitrogens is 5. The molecule has 0 atom stereocenters. The van der Waals surface area contributed by atoms with Gasteiger partial charge in [-0.25, -0.2) is 9.59 Å². The van der Waals surface area contributed by atoms with Crippen LogP contribution >= 0.6 is 0 Å². The summed E-state index contributed by atoms with van der Waals surface area (Å²) in [6.07, 6.45) is 1.42. The predicted octanol–water partition coefficient (Wildman–Crippen LogP) is 1.26. The Labute approximate surface area is 201 Å². The van der Waals surface area contributed by atoms with Crippen LogP contribution in [0.25, 0.3) is 34.0 Å². The third kappa shape index (κ3) is 4.84. The molecule has 0 bridgehead atoms. The van der Waals surface area contributed by atoms with Gasteiger partial charge < -0.3 is 21.7 Å². The van der Waals surface area contributed by atoms with E-state index in [4.69, 9.17) is 11.5 Å². The number of pyridine rings is 1. The second-order valence-corrected chi connectivity index (χ2v) is 7.42. The molecule has 4 aromatic rings. The molecule has 0 fully saturated rings.